The quantitative estimate of drug-likeness (QED) is 0.475. The van der Waals surface area contributed by atoms with Crippen LogP contribution in [0.1, 0.15) is 19.3 Å². The van der Waals surface area contributed by atoms with E-state index in [4.69, 9.17) is 4.74 Å². The number of rotatable bonds is 3. The van der Waals surface area contributed by atoms with E-state index < -0.39 is 11.0 Å². The minimum atomic E-state index is -0.513. The second-order valence-corrected chi connectivity index (χ2v) is 5.40. The van der Waals surface area contributed by atoms with Gasteiger partial charge in [-0.3, -0.25) is 10.1 Å². The molecule has 108 valence electrons. The maximum Gasteiger partial charge on any atom is 0.328 e. The molecule has 8 heteroatoms. The minimum Gasteiger partial charge on any atom is -0.467 e. The third-order valence-electron chi connectivity index (χ3n) is 3.26. The SMILES string of the molecule is COC(=O)C1CCCCN1c1ncc(Br)cc1[N+](=O)[O-]. The van der Waals surface area contributed by atoms with Crippen molar-refractivity contribution in [2.75, 3.05) is 18.6 Å². The molecule has 1 saturated heterocycles. The molecule has 1 aliphatic heterocycles. The first-order chi connectivity index (χ1) is 9.54. The molecule has 20 heavy (non-hydrogen) atoms. The lowest BCUT2D eigenvalue weighted by Crippen LogP contribution is -2.46. The molecule has 0 aromatic carbocycles. The third-order valence-corrected chi connectivity index (χ3v) is 3.69. The number of halogens is 1. The van der Waals surface area contributed by atoms with E-state index >= 15 is 0 Å². The lowest BCUT2D eigenvalue weighted by atomic mass is 10.0. The summed E-state index contributed by atoms with van der Waals surface area (Å²) in [5.41, 5.74) is -0.116. The summed E-state index contributed by atoms with van der Waals surface area (Å²) in [5, 5.41) is 11.2. The van der Waals surface area contributed by atoms with Crippen LogP contribution in [0.2, 0.25) is 0 Å². The Kier molecular flexibility index (Phi) is 4.53. The molecule has 0 radical (unpaired) electrons. The number of carbonyl (C=O) groups is 1. The molecule has 0 aliphatic carbocycles. The van der Waals surface area contributed by atoms with E-state index in [0.29, 0.717) is 17.4 Å². The summed E-state index contributed by atoms with van der Waals surface area (Å²) in [4.78, 5) is 28.3. The maximum atomic E-state index is 11.8. The minimum absolute atomic E-state index is 0.116. The Labute approximate surface area is 124 Å². The Morgan fingerprint density at radius 3 is 3.00 bits per heavy atom. The molecule has 0 spiro atoms. The van der Waals surface area contributed by atoms with Crippen LogP contribution in [0.5, 0.6) is 0 Å². The second kappa shape index (κ2) is 6.17. The van der Waals surface area contributed by atoms with E-state index in [2.05, 4.69) is 20.9 Å². The molecule has 1 aliphatic rings. The Bertz CT molecular complexity index is 537. The molecule has 0 saturated carbocycles. The number of nitro groups is 1. The van der Waals surface area contributed by atoms with Crippen molar-refractivity contribution >= 4 is 33.4 Å². The zero-order valence-corrected chi connectivity index (χ0v) is 12.5. The van der Waals surface area contributed by atoms with E-state index in [-0.39, 0.29) is 17.5 Å². The number of methoxy groups -OCH3 is 1. The molecule has 2 heterocycles. The lowest BCUT2D eigenvalue weighted by molar-refractivity contribution is -0.384. The number of aromatic nitrogens is 1. The smallest absolute Gasteiger partial charge is 0.328 e. The van der Waals surface area contributed by atoms with Crippen molar-refractivity contribution in [2.45, 2.75) is 25.3 Å². The molecule has 0 N–H and O–H groups in total. The highest BCUT2D eigenvalue weighted by molar-refractivity contribution is 9.10. The van der Waals surface area contributed by atoms with Crippen LogP contribution in [0, 0.1) is 10.1 Å². The van der Waals surface area contributed by atoms with Crippen LogP contribution < -0.4 is 4.90 Å². The van der Waals surface area contributed by atoms with Gasteiger partial charge in [-0.15, -0.1) is 0 Å². The van der Waals surface area contributed by atoms with Gasteiger partial charge in [0.15, 0.2) is 0 Å². The molecule has 0 amide bonds. The van der Waals surface area contributed by atoms with Crippen LogP contribution in [0.3, 0.4) is 0 Å². The third kappa shape index (κ3) is 2.90. The predicted molar refractivity (Wildman–Crippen MR) is 75.6 cm³/mol. The average Bonchev–Trinajstić information content (AvgIpc) is 2.46. The van der Waals surface area contributed by atoms with E-state index in [1.54, 1.807) is 4.90 Å². The van der Waals surface area contributed by atoms with Gasteiger partial charge in [0.2, 0.25) is 5.82 Å². The molecule has 1 aromatic heterocycles. The molecule has 0 bridgehead atoms. The Morgan fingerprint density at radius 1 is 1.60 bits per heavy atom. The summed E-state index contributed by atoms with van der Waals surface area (Å²) >= 11 is 3.17. The zero-order chi connectivity index (χ0) is 14.7. The number of piperidine rings is 1. The number of hydrogen-bond acceptors (Lipinski definition) is 6. The summed E-state index contributed by atoms with van der Waals surface area (Å²) in [6, 6.07) is 0.881. The van der Waals surface area contributed by atoms with Crippen molar-refractivity contribution in [2.24, 2.45) is 0 Å². The van der Waals surface area contributed by atoms with Gasteiger partial charge in [0.05, 0.1) is 12.0 Å². The van der Waals surface area contributed by atoms with E-state index in [0.717, 1.165) is 12.8 Å². The van der Waals surface area contributed by atoms with Crippen molar-refractivity contribution in [3.05, 3.63) is 26.9 Å². The molecule has 1 fully saturated rings. The normalized spacial score (nSPS) is 18.7. The fraction of sp³-hybridized carbons (Fsp3) is 0.500. The number of hydrogen-bond donors (Lipinski definition) is 0. The Morgan fingerprint density at radius 2 is 2.35 bits per heavy atom. The van der Waals surface area contributed by atoms with Crippen molar-refractivity contribution in [3.8, 4) is 0 Å². The molecule has 1 unspecified atom stereocenters. The van der Waals surface area contributed by atoms with Crippen LogP contribution in [-0.2, 0) is 9.53 Å². The highest BCUT2D eigenvalue weighted by Crippen LogP contribution is 2.33. The van der Waals surface area contributed by atoms with Crippen molar-refractivity contribution in [1.29, 1.82) is 0 Å². The van der Waals surface area contributed by atoms with E-state index in [9.17, 15) is 14.9 Å². The molecular weight excluding hydrogens is 330 g/mol. The van der Waals surface area contributed by atoms with Gasteiger partial charge in [-0.1, -0.05) is 0 Å². The molecule has 1 aromatic rings. The fourth-order valence-electron chi connectivity index (χ4n) is 2.34. The predicted octanol–water partition coefficient (Wildman–Crippen LogP) is 2.28. The van der Waals surface area contributed by atoms with Crippen LogP contribution in [0.15, 0.2) is 16.7 Å². The summed E-state index contributed by atoms with van der Waals surface area (Å²) < 4.78 is 5.31. The van der Waals surface area contributed by atoms with Gasteiger partial charge >= 0.3 is 11.7 Å². The number of carbonyl (C=O) groups excluding carboxylic acids is 1. The van der Waals surface area contributed by atoms with Crippen LogP contribution in [0.4, 0.5) is 11.5 Å². The summed E-state index contributed by atoms with van der Waals surface area (Å²) in [6.45, 7) is 0.551. The fourth-order valence-corrected chi connectivity index (χ4v) is 2.66. The zero-order valence-electron chi connectivity index (χ0n) is 10.9. The number of nitrogens with zero attached hydrogens (tertiary/aromatic N) is 3. The first kappa shape index (κ1) is 14.7. The van der Waals surface area contributed by atoms with Gasteiger partial charge in [-0.25, -0.2) is 9.78 Å². The first-order valence-corrected chi connectivity index (χ1v) is 6.98. The van der Waals surface area contributed by atoms with Gasteiger partial charge in [0.1, 0.15) is 6.04 Å². The van der Waals surface area contributed by atoms with Crippen molar-refractivity contribution in [3.63, 3.8) is 0 Å². The Hall–Kier alpha value is -1.70. The molecule has 2 rings (SSSR count). The number of anilines is 1. The first-order valence-electron chi connectivity index (χ1n) is 6.19. The van der Waals surface area contributed by atoms with Gasteiger partial charge in [-0.2, -0.15) is 0 Å². The largest absolute Gasteiger partial charge is 0.467 e. The highest BCUT2D eigenvalue weighted by atomic mass is 79.9. The maximum absolute atomic E-state index is 11.8. The average molecular weight is 344 g/mol. The summed E-state index contributed by atoms with van der Waals surface area (Å²) in [5.74, 6) is -0.169. The van der Waals surface area contributed by atoms with Gasteiger partial charge < -0.3 is 9.64 Å². The second-order valence-electron chi connectivity index (χ2n) is 4.48. The van der Waals surface area contributed by atoms with Crippen LogP contribution >= 0.6 is 15.9 Å². The van der Waals surface area contributed by atoms with Crippen LogP contribution in [0.25, 0.3) is 0 Å². The van der Waals surface area contributed by atoms with Crippen molar-refractivity contribution < 1.29 is 14.5 Å². The standard InChI is InChI=1S/C12H14BrN3O4/c1-20-12(17)9-4-2-3-5-15(9)11-10(16(18)19)6-8(13)7-14-11/h6-7,9H,2-5H2,1H3. The number of ether oxygens (including phenoxy) is 1. The molecular formula is C12H14BrN3O4. The van der Waals surface area contributed by atoms with Gasteiger partial charge in [0.25, 0.3) is 0 Å². The van der Waals surface area contributed by atoms with E-state index in [1.807, 2.05) is 0 Å². The molecule has 1 atom stereocenters. The summed E-state index contributed by atoms with van der Waals surface area (Å²) in [7, 11) is 1.32. The van der Waals surface area contributed by atoms with Gasteiger partial charge in [-0.05, 0) is 35.2 Å². The summed E-state index contributed by atoms with van der Waals surface area (Å²) in [6.07, 6.45) is 3.86. The van der Waals surface area contributed by atoms with Crippen molar-refractivity contribution in [1.82, 2.24) is 4.98 Å². The lowest BCUT2D eigenvalue weighted by Gasteiger charge is -2.34. The number of pyridine rings is 1. The van der Waals surface area contributed by atoms with E-state index in [1.165, 1.54) is 19.4 Å². The highest BCUT2D eigenvalue weighted by Gasteiger charge is 2.34. The monoisotopic (exact) mass is 343 g/mol. The van der Waals surface area contributed by atoms with Gasteiger partial charge in [0, 0.05) is 23.3 Å². The molecule has 7 nitrogen and oxygen atoms in total. The topological polar surface area (TPSA) is 85.6 Å². The Balaban J connectivity index is 2.42. The number of esters is 1. The van der Waals surface area contributed by atoms with Crippen LogP contribution in [-0.4, -0.2) is 35.6 Å².